The molecule has 0 aliphatic heterocycles. The molecule has 0 aliphatic rings. The fraction of sp³-hybridized carbons (Fsp3) is 0.217. The lowest BCUT2D eigenvalue weighted by Crippen LogP contribution is -2.43. The summed E-state index contributed by atoms with van der Waals surface area (Å²) in [4.78, 5) is 37.5. The normalized spacial score (nSPS) is 10.3. The summed E-state index contributed by atoms with van der Waals surface area (Å²) in [6.45, 7) is 1.25. The average Bonchev–Trinajstić information content (AvgIpc) is 3.29. The van der Waals surface area contributed by atoms with Gasteiger partial charge in [-0.15, -0.1) is 11.8 Å². The molecule has 1 aromatic heterocycles. The maximum atomic E-state index is 12.5. The summed E-state index contributed by atoms with van der Waals surface area (Å²) in [6.07, 6.45) is 0. The fourth-order valence-corrected chi connectivity index (χ4v) is 3.73. The molecule has 0 bridgehead atoms. The number of carbonyl (C=O) groups is 3. The van der Waals surface area contributed by atoms with E-state index in [4.69, 9.17) is 18.7 Å². The first kappa shape index (κ1) is 24.6. The SMILES string of the molecule is COc1ccc(C(=O)NNC(=O)COC(=O)c2ccccc2SCc2cc(C)no2)cc1OC. The molecular weight excluding hydrogens is 462 g/mol. The van der Waals surface area contributed by atoms with Gasteiger partial charge < -0.3 is 18.7 Å². The van der Waals surface area contributed by atoms with Gasteiger partial charge in [-0.1, -0.05) is 17.3 Å². The van der Waals surface area contributed by atoms with Crippen molar-refractivity contribution in [2.45, 2.75) is 17.6 Å². The Labute approximate surface area is 199 Å². The van der Waals surface area contributed by atoms with Gasteiger partial charge in [0.1, 0.15) is 5.76 Å². The molecule has 0 aliphatic carbocycles. The van der Waals surface area contributed by atoms with E-state index >= 15 is 0 Å². The third kappa shape index (κ3) is 6.51. The first-order chi connectivity index (χ1) is 16.4. The van der Waals surface area contributed by atoms with Crippen LogP contribution >= 0.6 is 11.8 Å². The second-order valence-electron chi connectivity index (χ2n) is 6.87. The molecule has 0 atom stereocenters. The Bertz CT molecular complexity index is 1180. The van der Waals surface area contributed by atoms with Crippen molar-refractivity contribution in [2.75, 3.05) is 20.8 Å². The van der Waals surface area contributed by atoms with Crippen LogP contribution in [-0.4, -0.2) is 43.8 Å². The lowest BCUT2D eigenvalue weighted by molar-refractivity contribution is -0.125. The van der Waals surface area contributed by atoms with Crippen molar-refractivity contribution in [3.8, 4) is 11.5 Å². The Balaban J connectivity index is 1.50. The highest BCUT2D eigenvalue weighted by Crippen LogP contribution is 2.28. The number of rotatable bonds is 9. The third-order valence-corrected chi connectivity index (χ3v) is 5.55. The highest BCUT2D eigenvalue weighted by molar-refractivity contribution is 7.98. The van der Waals surface area contributed by atoms with Crippen LogP contribution in [0.2, 0.25) is 0 Å². The maximum Gasteiger partial charge on any atom is 0.339 e. The summed E-state index contributed by atoms with van der Waals surface area (Å²) < 4.78 is 20.6. The molecule has 0 saturated heterocycles. The predicted molar refractivity (Wildman–Crippen MR) is 123 cm³/mol. The van der Waals surface area contributed by atoms with E-state index in [1.54, 1.807) is 30.3 Å². The number of amides is 2. The number of carbonyl (C=O) groups excluding carboxylic acids is 3. The molecule has 3 aromatic rings. The summed E-state index contributed by atoms with van der Waals surface area (Å²) in [5.74, 6) is 0.0334. The number of hydrazine groups is 1. The van der Waals surface area contributed by atoms with E-state index in [-0.39, 0.29) is 5.56 Å². The minimum atomic E-state index is -0.704. The van der Waals surface area contributed by atoms with Crippen LogP contribution in [0.1, 0.15) is 32.2 Å². The van der Waals surface area contributed by atoms with Crippen LogP contribution in [0.3, 0.4) is 0 Å². The average molecular weight is 486 g/mol. The highest BCUT2D eigenvalue weighted by Gasteiger charge is 2.16. The van der Waals surface area contributed by atoms with E-state index in [0.717, 1.165) is 5.69 Å². The number of aryl methyl sites for hydroxylation is 1. The van der Waals surface area contributed by atoms with Crippen LogP contribution in [-0.2, 0) is 15.3 Å². The highest BCUT2D eigenvalue weighted by atomic mass is 32.2. The monoisotopic (exact) mass is 485 g/mol. The lowest BCUT2D eigenvalue weighted by atomic mass is 10.2. The topological polar surface area (TPSA) is 129 Å². The summed E-state index contributed by atoms with van der Waals surface area (Å²) in [5.41, 5.74) is 5.78. The lowest BCUT2D eigenvalue weighted by Gasteiger charge is -2.11. The van der Waals surface area contributed by atoms with Crippen molar-refractivity contribution < 1.29 is 33.1 Å². The van der Waals surface area contributed by atoms with Crippen molar-refractivity contribution in [3.63, 3.8) is 0 Å². The molecule has 34 heavy (non-hydrogen) atoms. The number of thioether (sulfide) groups is 1. The van der Waals surface area contributed by atoms with E-state index in [0.29, 0.717) is 33.5 Å². The van der Waals surface area contributed by atoms with Gasteiger partial charge in [-0.3, -0.25) is 20.4 Å². The quantitative estimate of drug-likeness (QED) is 0.267. The van der Waals surface area contributed by atoms with Gasteiger partial charge in [-0.05, 0) is 37.3 Å². The summed E-state index contributed by atoms with van der Waals surface area (Å²) in [7, 11) is 2.93. The zero-order chi connectivity index (χ0) is 24.5. The van der Waals surface area contributed by atoms with Crippen molar-refractivity contribution >= 4 is 29.5 Å². The van der Waals surface area contributed by atoms with E-state index < -0.39 is 24.4 Å². The molecule has 0 radical (unpaired) electrons. The number of nitrogens with zero attached hydrogens (tertiary/aromatic N) is 1. The van der Waals surface area contributed by atoms with Crippen LogP contribution in [0.15, 0.2) is 57.9 Å². The van der Waals surface area contributed by atoms with Crippen molar-refractivity contribution in [1.82, 2.24) is 16.0 Å². The predicted octanol–water partition coefficient (Wildman–Crippen LogP) is 2.91. The van der Waals surface area contributed by atoms with Gasteiger partial charge in [0, 0.05) is 16.5 Å². The van der Waals surface area contributed by atoms with Crippen molar-refractivity contribution in [3.05, 3.63) is 71.1 Å². The molecule has 2 amide bonds. The molecule has 3 rings (SSSR count). The minimum absolute atomic E-state index is 0.239. The number of benzene rings is 2. The maximum absolute atomic E-state index is 12.5. The number of methoxy groups -OCH3 is 2. The number of esters is 1. The Kier molecular flexibility index (Phi) is 8.52. The second-order valence-corrected chi connectivity index (χ2v) is 7.88. The van der Waals surface area contributed by atoms with E-state index in [1.807, 2.05) is 13.0 Å². The van der Waals surface area contributed by atoms with E-state index in [1.165, 1.54) is 38.1 Å². The fourth-order valence-electron chi connectivity index (χ4n) is 2.82. The number of aromatic nitrogens is 1. The van der Waals surface area contributed by atoms with Crippen molar-refractivity contribution in [2.24, 2.45) is 0 Å². The zero-order valence-corrected chi connectivity index (χ0v) is 19.6. The van der Waals surface area contributed by atoms with E-state index in [9.17, 15) is 14.4 Å². The summed E-state index contributed by atoms with van der Waals surface area (Å²) >= 11 is 1.38. The molecule has 178 valence electrons. The molecule has 0 saturated carbocycles. The Morgan fingerprint density at radius 3 is 2.47 bits per heavy atom. The van der Waals surface area contributed by atoms with E-state index in [2.05, 4.69) is 16.0 Å². The minimum Gasteiger partial charge on any atom is -0.493 e. The zero-order valence-electron chi connectivity index (χ0n) is 18.7. The number of nitrogens with one attached hydrogen (secondary N) is 2. The standard InChI is InChI=1S/C23H23N3O7S/c1-14-10-16(33-26-14)13-34-20-7-5-4-6-17(20)23(29)32-12-21(27)24-25-22(28)15-8-9-18(30-2)19(11-15)31-3/h4-11H,12-13H2,1-3H3,(H,24,27)(H,25,28). The smallest absolute Gasteiger partial charge is 0.339 e. The van der Waals surface area contributed by atoms with Gasteiger partial charge in [0.15, 0.2) is 18.1 Å². The number of ether oxygens (including phenoxy) is 3. The van der Waals surface area contributed by atoms with Crippen LogP contribution in [0, 0.1) is 6.92 Å². The van der Waals surface area contributed by atoms with Crippen LogP contribution < -0.4 is 20.3 Å². The van der Waals surface area contributed by atoms with Gasteiger partial charge in [0.05, 0.1) is 31.2 Å². The number of hydrogen-bond acceptors (Lipinski definition) is 9. The summed E-state index contributed by atoms with van der Waals surface area (Å²) in [5, 5.41) is 3.83. The Morgan fingerprint density at radius 2 is 1.76 bits per heavy atom. The van der Waals surface area contributed by atoms with Crippen molar-refractivity contribution in [1.29, 1.82) is 0 Å². The van der Waals surface area contributed by atoms with Crippen LogP contribution in [0.4, 0.5) is 0 Å². The molecular formula is C23H23N3O7S. The first-order valence-corrected chi connectivity index (χ1v) is 11.0. The first-order valence-electron chi connectivity index (χ1n) is 10.0. The molecule has 2 N–H and O–H groups in total. The van der Waals surface area contributed by atoms with Crippen LogP contribution in [0.25, 0.3) is 0 Å². The number of hydrogen-bond donors (Lipinski definition) is 2. The molecule has 2 aromatic carbocycles. The molecule has 0 fully saturated rings. The molecule has 1 heterocycles. The summed E-state index contributed by atoms with van der Waals surface area (Å²) in [6, 6.07) is 13.2. The molecule has 10 nitrogen and oxygen atoms in total. The molecule has 0 unspecified atom stereocenters. The largest absolute Gasteiger partial charge is 0.493 e. The van der Waals surface area contributed by atoms with Gasteiger partial charge in [-0.2, -0.15) is 0 Å². The Morgan fingerprint density at radius 1 is 1.00 bits per heavy atom. The second kappa shape index (κ2) is 11.8. The third-order valence-electron chi connectivity index (χ3n) is 4.45. The van der Waals surface area contributed by atoms with Gasteiger partial charge in [-0.25, -0.2) is 4.79 Å². The molecule has 11 heteroatoms. The Hall–Kier alpha value is -3.99. The van der Waals surface area contributed by atoms with Gasteiger partial charge in [0.2, 0.25) is 0 Å². The van der Waals surface area contributed by atoms with Gasteiger partial charge in [0.25, 0.3) is 11.8 Å². The molecule has 0 spiro atoms. The van der Waals surface area contributed by atoms with Crippen LogP contribution in [0.5, 0.6) is 11.5 Å². The van der Waals surface area contributed by atoms with Gasteiger partial charge >= 0.3 is 5.97 Å².